The Hall–Kier alpha value is -2.29. The SMILES string of the molecule is CC(=O)Nc1cccc([C@@H]2O[C@H](CN3CCC[C@H]3CO)C[C@H](c3ccc(CO)cc3)O2)c1. The Balaban J connectivity index is 1.56. The quantitative estimate of drug-likeness (QED) is 0.613. The molecule has 1 amide bonds. The number of hydrogen-bond acceptors (Lipinski definition) is 6. The number of rotatable bonds is 7. The third kappa shape index (κ3) is 5.54. The molecule has 32 heavy (non-hydrogen) atoms. The molecule has 2 aliphatic heterocycles. The predicted molar refractivity (Wildman–Crippen MR) is 121 cm³/mol. The second-order valence-corrected chi connectivity index (χ2v) is 8.63. The highest BCUT2D eigenvalue weighted by Gasteiger charge is 2.35. The van der Waals surface area contributed by atoms with E-state index >= 15 is 0 Å². The largest absolute Gasteiger partial charge is 0.395 e. The van der Waals surface area contributed by atoms with Crippen LogP contribution in [0.5, 0.6) is 0 Å². The van der Waals surface area contributed by atoms with Gasteiger partial charge in [0, 0.05) is 37.2 Å². The molecule has 0 radical (unpaired) electrons. The first-order valence-corrected chi connectivity index (χ1v) is 11.3. The van der Waals surface area contributed by atoms with Gasteiger partial charge in [0.25, 0.3) is 0 Å². The van der Waals surface area contributed by atoms with E-state index in [-0.39, 0.29) is 37.4 Å². The molecule has 2 aromatic carbocycles. The van der Waals surface area contributed by atoms with Crippen LogP contribution >= 0.6 is 0 Å². The fraction of sp³-hybridized carbons (Fsp3) is 0.480. The molecule has 2 aromatic rings. The third-order valence-corrected chi connectivity index (χ3v) is 6.24. The van der Waals surface area contributed by atoms with Gasteiger partial charge in [-0.2, -0.15) is 0 Å². The lowest BCUT2D eigenvalue weighted by Crippen LogP contribution is -2.42. The molecular formula is C25H32N2O5. The Morgan fingerprint density at radius 2 is 1.94 bits per heavy atom. The van der Waals surface area contributed by atoms with E-state index in [1.54, 1.807) is 0 Å². The number of nitrogens with zero attached hydrogens (tertiary/aromatic N) is 1. The first kappa shape index (κ1) is 22.9. The molecular weight excluding hydrogens is 408 g/mol. The first-order valence-electron chi connectivity index (χ1n) is 11.3. The van der Waals surface area contributed by atoms with Gasteiger partial charge < -0.3 is 25.0 Å². The minimum absolute atomic E-state index is 0.00755. The van der Waals surface area contributed by atoms with Gasteiger partial charge in [-0.05, 0) is 42.6 Å². The van der Waals surface area contributed by atoms with Crippen molar-refractivity contribution in [3.63, 3.8) is 0 Å². The van der Waals surface area contributed by atoms with E-state index in [0.717, 1.165) is 42.6 Å². The lowest BCUT2D eigenvalue weighted by Gasteiger charge is -2.38. The van der Waals surface area contributed by atoms with Crippen molar-refractivity contribution >= 4 is 11.6 Å². The van der Waals surface area contributed by atoms with Crippen molar-refractivity contribution < 1.29 is 24.5 Å². The number of aliphatic hydroxyl groups excluding tert-OH is 2. The van der Waals surface area contributed by atoms with Crippen LogP contribution in [0.4, 0.5) is 5.69 Å². The Kier molecular flexibility index (Phi) is 7.55. The molecule has 0 aromatic heterocycles. The summed E-state index contributed by atoms with van der Waals surface area (Å²) in [4.78, 5) is 13.8. The van der Waals surface area contributed by atoms with Crippen LogP contribution in [0.15, 0.2) is 48.5 Å². The van der Waals surface area contributed by atoms with E-state index < -0.39 is 6.29 Å². The van der Waals surface area contributed by atoms with Gasteiger partial charge in [0.2, 0.25) is 5.91 Å². The fourth-order valence-electron chi connectivity index (χ4n) is 4.60. The van der Waals surface area contributed by atoms with Gasteiger partial charge in [0.05, 0.1) is 25.4 Å². The zero-order valence-electron chi connectivity index (χ0n) is 18.4. The molecule has 2 heterocycles. The lowest BCUT2D eigenvalue weighted by atomic mass is 9.99. The molecule has 0 bridgehead atoms. The highest BCUT2D eigenvalue weighted by Crippen LogP contribution is 2.39. The van der Waals surface area contributed by atoms with Crippen molar-refractivity contribution in [1.82, 2.24) is 4.90 Å². The molecule has 0 spiro atoms. The number of anilines is 1. The van der Waals surface area contributed by atoms with Crippen LogP contribution in [0.1, 0.15) is 55.3 Å². The molecule has 0 unspecified atom stereocenters. The van der Waals surface area contributed by atoms with Crippen molar-refractivity contribution in [2.24, 2.45) is 0 Å². The van der Waals surface area contributed by atoms with Crippen molar-refractivity contribution in [2.75, 3.05) is 25.0 Å². The number of carbonyl (C=O) groups is 1. The van der Waals surface area contributed by atoms with E-state index in [2.05, 4.69) is 10.2 Å². The molecule has 2 fully saturated rings. The summed E-state index contributed by atoms with van der Waals surface area (Å²) in [7, 11) is 0. The van der Waals surface area contributed by atoms with E-state index in [4.69, 9.17) is 9.47 Å². The van der Waals surface area contributed by atoms with Gasteiger partial charge in [0.1, 0.15) is 0 Å². The summed E-state index contributed by atoms with van der Waals surface area (Å²) in [6, 6.07) is 15.5. The van der Waals surface area contributed by atoms with Gasteiger partial charge in [-0.3, -0.25) is 9.69 Å². The summed E-state index contributed by atoms with van der Waals surface area (Å²) in [5.74, 6) is -0.128. The van der Waals surface area contributed by atoms with E-state index in [0.29, 0.717) is 12.1 Å². The third-order valence-electron chi connectivity index (χ3n) is 6.24. The summed E-state index contributed by atoms with van der Waals surface area (Å²) in [6.45, 7) is 3.35. The number of ether oxygens (including phenoxy) is 2. The molecule has 2 aliphatic rings. The number of aliphatic hydroxyl groups is 2. The normalized spacial score (nSPS) is 26.2. The average molecular weight is 441 g/mol. The number of benzene rings is 2. The molecule has 4 atom stereocenters. The Morgan fingerprint density at radius 3 is 2.66 bits per heavy atom. The average Bonchev–Trinajstić information content (AvgIpc) is 3.25. The van der Waals surface area contributed by atoms with Crippen LogP contribution in [0.2, 0.25) is 0 Å². The zero-order chi connectivity index (χ0) is 22.5. The van der Waals surface area contributed by atoms with E-state index in [1.165, 1.54) is 6.92 Å². The van der Waals surface area contributed by atoms with Crippen molar-refractivity contribution in [2.45, 2.75) is 57.3 Å². The molecule has 7 heteroatoms. The minimum Gasteiger partial charge on any atom is -0.395 e. The summed E-state index contributed by atoms with van der Waals surface area (Å²) < 4.78 is 12.8. The second kappa shape index (κ2) is 10.6. The summed E-state index contributed by atoms with van der Waals surface area (Å²) in [5.41, 5.74) is 3.45. The topological polar surface area (TPSA) is 91.3 Å². The molecule has 2 saturated heterocycles. The Labute approximate surface area is 189 Å². The van der Waals surface area contributed by atoms with Gasteiger partial charge >= 0.3 is 0 Å². The van der Waals surface area contributed by atoms with Gasteiger partial charge in [-0.25, -0.2) is 0 Å². The van der Waals surface area contributed by atoms with Crippen LogP contribution in [0.3, 0.4) is 0 Å². The fourth-order valence-corrected chi connectivity index (χ4v) is 4.60. The van der Waals surface area contributed by atoms with Gasteiger partial charge in [-0.1, -0.05) is 36.4 Å². The highest BCUT2D eigenvalue weighted by atomic mass is 16.7. The molecule has 0 saturated carbocycles. The smallest absolute Gasteiger partial charge is 0.221 e. The molecule has 172 valence electrons. The maximum absolute atomic E-state index is 11.5. The van der Waals surface area contributed by atoms with Gasteiger partial charge in [-0.15, -0.1) is 0 Å². The number of nitrogens with one attached hydrogen (secondary N) is 1. The number of carbonyl (C=O) groups excluding carboxylic acids is 1. The second-order valence-electron chi connectivity index (χ2n) is 8.63. The van der Waals surface area contributed by atoms with Crippen LogP contribution in [0.25, 0.3) is 0 Å². The maximum Gasteiger partial charge on any atom is 0.221 e. The Morgan fingerprint density at radius 1 is 1.12 bits per heavy atom. The minimum atomic E-state index is -0.569. The number of amides is 1. The molecule has 0 aliphatic carbocycles. The van der Waals surface area contributed by atoms with E-state index in [1.807, 2.05) is 48.5 Å². The Bertz CT molecular complexity index is 903. The van der Waals surface area contributed by atoms with E-state index in [9.17, 15) is 15.0 Å². The van der Waals surface area contributed by atoms with Crippen LogP contribution < -0.4 is 5.32 Å². The van der Waals surface area contributed by atoms with Crippen molar-refractivity contribution in [3.05, 3.63) is 65.2 Å². The molecule has 3 N–H and O–H groups in total. The summed E-state index contributed by atoms with van der Waals surface area (Å²) >= 11 is 0. The van der Waals surface area contributed by atoms with Gasteiger partial charge in [0.15, 0.2) is 6.29 Å². The van der Waals surface area contributed by atoms with Crippen LogP contribution in [-0.4, -0.2) is 52.9 Å². The monoisotopic (exact) mass is 440 g/mol. The van der Waals surface area contributed by atoms with Crippen molar-refractivity contribution in [3.8, 4) is 0 Å². The predicted octanol–water partition coefficient (Wildman–Crippen LogP) is 3.14. The van der Waals surface area contributed by atoms with Crippen LogP contribution in [-0.2, 0) is 20.9 Å². The lowest BCUT2D eigenvalue weighted by molar-refractivity contribution is -0.253. The zero-order valence-corrected chi connectivity index (χ0v) is 18.4. The number of hydrogen-bond donors (Lipinski definition) is 3. The molecule has 4 rings (SSSR count). The first-order chi connectivity index (χ1) is 15.6. The maximum atomic E-state index is 11.5. The molecule has 7 nitrogen and oxygen atoms in total. The van der Waals surface area contributed by atoms with Crippen LogP contribution in [0, 0.1) is 0 Å². The standard InChI is InChI=1S/C25H32N2O5/c1-17(30)26-21-5-2-4-20(12-21)25-31-23(14-27-11-3-6-22(27)16-29)13-24(32-25)19-9-7-18(15-28)8-10-19/h2,4-5,7-10,12,22-25,28-29H,3,6,11,13-16H2,1H3,(H,26,30)/t22-,23-,24+,25+/m0/s1. The van der Waals surface area contributed by atoms with Crippen molar-refractivity contribution in [1.29, 1.82) is 0 Å². The highest BCUT2D eigenvalue weighted by molar-refractivity contribution is 5.88. The summed E-state index contributed by atoms with van der Waals surface area (Å²) in [5, 5.41) is 21.9. The number of likely N-dealkylation sites (tertiary alicyclic amines) is 1. The summed E-state index contributed by atoms with van der Waals surface area (Å²) in [6.07, 6.45) is 2.00.